The Morgan fingerprint density at radius 2 is 1.86 bits per heavy atom. The van der Waals surface area contributed by atoms with Crippen molar-refractivity contribution in [2.24, 2.45) is 11.8 Å². The highest BCUT2D eigenvalue weighted by Gasteiger charge is 2.43. The molecular formula is C17H25NO3S. The van der Waals surface area contributed by atoms with Crippen molar-refractivity contribution in [3.05, 3.63) is 24.3 Å². The molecule has 1 aromatic carbocycles. The Labute approximate surface area is 133 Å². The van der Waals surface area contributed by atoms with Gasteiger partial charge in [0.2, 0.25) is 0 Å². The van der Waals surface area contributed by atoms with Crippen LogP contribution in [0.4, 0.5) is 0 Å². The van der Waals surface area contributed by atoms with E-state index in [1.165, 1.54) is 31.9 Å². The van der Waals surface area contributed by atoms with E-state index in [0.717, 1.165) is 24.4 Å². The van der Waals surface area contributed by atoms with E-state index in [1.807, 2.05) is 6.07 Å². The topological polar surface area (TPSA) is 46.6 Å². The predicted octanol–water partition coefficient (Wildman–Crippen LogP) is 2.59. The second-order valence-electron chi connectivity index (χ2n) is 6.74. The Morgan fingerprint density at radius 3 is 2.41 bits per heavy atom. The van der Waals surface area contributed by atoms with E-state index in [0.29, 0.717) is 17.3 Å². The number of sulfone groups is 1. The van der Waals surface area contributed by atoms with Crippen LogP contribution in [0.3, 0.4) is 0 Å². The molecule has 0 N–H and O–H groups in total. The van der Waals surface area contributed by atoms with E-state index in [9.17, 15) is 8.42 Å². The van der Waals surface area contributed by atoms with Gasteiger partial charge in [-0.3, -0.25) is 4.90 Å². The molecule has 2 fully saturated rings. The fourth-order valence-corrected chi connectivity index (χ4v) is 3.89. The number of rotatable bonds is 8. The summed E-state index contributed by atoms with van der Waals surface area (Å²) in [5.41, 5.74) is 0. The van der Waals surface area contributed by atoms with Crippen molar-refractivity contribution in [1.82, 2.24) is 4.90 Å². The van der Waals surface area contributed by atoms with Crippen molar-refractivity contribution in [3.63, 3.8) is 0 Å². The van der Waals surface area contributed by atoms with E-state index < -0.39 is 9.84 Å². The van der Waals surface area contributed by atoms with Gasteiger partial charge < -0.3 is 4.74 Å². The quantitative estimate of drug-likeness (QED) is 0.738. The minimum absolute atomic E-state index is 0.312. The second kappa shape index (κ2) is 6.20. The van der Waals surface area contributed by atoms with Crippen LogP contribution in [0.5, 0.6) is 5.75 Å². The highest BCUT2D eigenvalue weighted by atomic mass is 32.2. The molecule has 0 amide bonds. The number of likely N-dealkylation sites (N-methyl/N-ethyl adjacent to an activating group) is 1. The lowest BCUT2D eigenvalue weighted by atomic mass is 10.1. The highest BCUT2D eigenvalue weighted by molar-refractivity contribution is 7.90. The maximum absolute atomic E-state index is 11.6. The van der Waals surface area contributed by atoms with Crippen molar-refractivity contribution in [2.45, 2.75) is 36.6 Å². The Hall–Kier alpha value is -1.07. The summed E-state index contributed by atoms with van der Waals surface area (Å²) in [5.74, 6) is 2.42. The molecule has 2 aliphatic rings. The van der Waals surface area contributed by atoms with E-state index >= 15 is 0 Å². The minimum Gasteiger partial charge on any atom is -0.492 e. The fraction of sp³-hybridized carbons (Fsp3) is 0.647. The standard InChI is InChI=1S/C17H25NO3S/c1-18(17(13-6-7-13)14-8-9-14)10-11-21-15-4-3-5-16(12-15)22(2,19)20/h3-5,12-14,17H,6-11H2,1-2H3. The second-order valence-corrected chi connectivity index (χ2v) is 8.76. The molecule has 2 aliphatic carbocycles. The van der Waals surface area contributed by atoms with Gasteiger partial charge in [-0.1, -0.05) is 6.07 Å². The van der Waals surface area contributed by atoms with E-state index in [-0.39, 0.29) is 0 Å². The van der Waals surface area contributed by atoms with Gasteiger partial charge in [0.1, 0.15) is 12.4 Å². The monoisotopic (exact) mass is 323 g/mol. The number of hydrogen-bond acceptors (Lipinski definition) is 4. The number of benzene rings is 1. The number of ether oxygens (including phenoxy) is 1. The summed E-state index contributed by atoms with van der Waals surface area (Å²) in [6, 6.07) is 7.48. The third-order valence-corrected chi connectivity index (χ3v) is 5.78. The van der Waals surface area contributed by atoms with E-state index in [2.05, 4.69) is 11.9 Å². The molecule has 0 unspecified atom stereocenters. The number of nitrogens with zero attached hydrogens (tertiary/aromatic N) is 1. The van der Waals surface area contributed by atoms with Crippen LogP contribution in [0.25, 0.3) is 0 Å². The lowest BCUT2D eigenvalue weighted by Gasteiger charge is -2.28. The zero-order chi connectivity index (χ0) is 15.7. The van der Waals surface area contributed by atoms with Gasteiger partial charge in [0.05, 0.1) is 4.90 Å². The van der Waals surface area contributed by atoms with Gasteiger partial charge in [0.25, 0.3) is 0 Å². The molecule has 1 aromatic rings. The van der Waals surface area contributed by atoms with Crippen LogP contribution in [0.1, 0.15) is 25.7 Å². The van der Waals surface area contributed by atoms with Crippen molar-refractivity contribution in [3.8, 4) is 5.75 Å². The molecule has 0 radical (unpaired) electrons. The predicted molar refractivity (Wildman–Crippen MR) is 86.9 cm³/mol. The Balaban J connectivity index is 1.52. The highest BCUT2D eigenvalue weighted by Crippen LogP contribution is 2.46. The SMILES string of the molecule is CN(CCOc1cccc(S(C)(=O)=O)c1)C(C1CC1)C1CC1. The fourth-order valence-electron chi connectivity index (χ4n) is 3.23. The van der Waals surface area contributed by atoms with Crippen LogP contribution < -0.4 is 4.74 Å². The smallest absolute Gasteiger partial charge is 0.175 e. The van der Waals surface area contributed by atoms with E-state index in [1.54, 1.807) is 18.2 Å². The van der Waals surface area contributed by atoms with Gasteiger partial charge in [-0.15, -0.1) is 0 Å². The summed E-state index contributed by atoms with van der Waals surface area (Å²) in [6.45, 7) is 1.49. The summed E-state index contributed by atoms with van der Waals surface area (Å²) in [4.78, 5) is 2.75. The minimum atomic E-state index is -3.18. The average molecular weight is 323 g/mol. The van der Waals surface area contributed by atoms with Crippen LogP contribution in [0, 0.1) is 11.8 Å². The van der Waals surface area contributed by atoms with Crippen molar-refractivity contribution >= 4 is 9.84 Å². The van der Waals surface area contributed by atoms with Crippen LogP contribution in [-0.4, -0.2) is 45.8 Å². The van der Waals surface area contributed by atoms with Crippen LogP contribution in [-0.2, 0) is 9.84 Å². The summed E-state index contributed by atoms with van der Waals surface area (Å²) >= 11 is 0. The first-order chi connectivity index (χ1) is 10.4. The Kier molecular flexibility index (Phi) is 4.46. The molecule has 22 heavy (non-hydrogen) atoms. The van der Waals surface area contributed by atoms with Gasteiger partial charge >= 0.3 is 0 Å². The normalized spacial score (nSPS) is 18.9. The maximum atomic E-state index is 11.6. The summed E-state index contributed by atoms with van der Waals surface area (Å²) in [7, 11) is -0.984. The zero-order valence-electron chi connectivity index (χ0n) is 13.4. The molecule has 0 atom stereocenters. The largest absolute Gasteiger partial charge is 0.492 e. The first kappa shape index (κ1) is 15.8. The molecule has 0 bridgehead atoms. The van der Waals surface area contributed by atoms with Crippen molar-refractivity contribution in [1.29, 1.82) is 0 Å². The third kappa shape index (κ3) is 4.02. The third-order valence-electron chi connectivity index (χ3n) is 4.67. The molecule has 0 saturated heterocycles. The van der Waals surface area contributed by atoms with Gasteiger partial charge in [-0.25, -0.2) is 8.42 Å². The molecule has 2 saturated carbocycles. The molecule has 122 valence electrons. The first-order valence-electron chi connectivity index (χ1n) is 8.08. The summed E-state index contributed by atoms with van der Waals surface area (Å²) in [5, 5.41) is 0. The molecular weight excluding hydrogens is 298 g/mol. The molecule has 0 aromatic heterocycles. The molecule has 5 heteroatoms. The molecule has 0 heterocycles. The Morgan fingerprint density at radius 1 is 1.23 bits per heavy atom. The van der Waals surface area contributed by atoms with Crippen molar-refractivity contribution in [2.75, 3.05) is 26.5 Å². The molecule has 0 aliphatic heterocycles. The lowest BCUT2D eigenvalue weighted by molar-refractivity contribution is 0.160. The summed E-state index contributed by atoms with van der Waals surface area (Å²) < 4.78 is 28.9. The molecule has 4 nitrogen and oxygen atoms in total. The Bertz CT molecular complexity index is 609. The lowest BCUT2D eigenvalue weighted by Crippen LogP contribution is -2.38. The van der Waals surface area contributed by atoms with Crippen molar-refractivity contribution < 1.29 is 13.2 Å². The molecule has 3 rings (SSSR count). The van der Waals surface area contributed by atoms with Crippen LogP contribution >= 0.6 is 0 Å². The number of hydrogen-bond donors (Lipinski definition) is 0. The van der Waals surface area contributed by atoms with Gasteiger partial charge in [0, 0.05) is 18.8 Å². The van der Waals surface area contributed by atoms with Crippen LogP contribution in [0.2, 0.25) is 0 Å². The van der Waals surface area contributed by atoms with Gasteiger partial charge in [-0.2, -0.15) is 0 Å². The molecule has 0 spiro atoms. The zero-order valence-corrected chi connectivity index (χ0v) is 14.2. The van der Waals surface area contributed by atoms with Crippen LogP contribution in [0.15, 0.2) is 29.2 Å². The van der Waals surface area contributed by atoms with Gasteiger partial charge in [-0.05, 0) is 62.8 Å². The van der Waals surface area contributed by atoms with Gasteiger partial charge in [0.15, 0.2) is 9.84 Å². The van der Waals surface area contributed by atoms with E-state index in [4.69, 9.17) is 4.74 Å². The average Bonchev–Trinajstić information content (AvgIpc) is 3.33. The summed E-state index contributed by atoms with van der Waals surface area (Å²) in [6.07, 6.45) is 6.73. The maximum Gasteiger partial charge on any atom is 0.175 e. The first-order valence-corrected chi connectivity index (χ1v) is 9.97.